The van der Waals surface area contributed by atoms with Gasteiger partial charge >= 0.3 is 0 Å². The van der Waals surface area contributed by atoms with Crippen LogP contribution in [0.3, 0.4) is 0 Å². The highest BCUT2D eigenvalue weighted by molar-refractivity contribution is 5.83. The molecule has 0 aliphatic carbocycles. The maximum Gasteiger partial charge on any atom is 0.138 e. The highest BCUT2D eigenvalue weighted by Gasteiger charge is 2.12. The summed E-state index contributed by atoms with van der Waals surface area (Å²) in [5.74, 6) is 1.77. The van der Waals surface area contributed by atoms with Crippen molar-refractivity contribution in [1.29, 1.82) is 0 Å². The summed E-state index contributed by atoms with van der Waals surface area (Å²) in [6.07, 6.45) is 0. The second-order valence-corrected chi connectivity index (χ2v) is 4.16. The highest BCUT2D eigenvalue weighted by atomic mass is 16.5. The van der Waals surface area contributed by atoms with Crippen LogP contribution in [0.4, 0.5) is 0 Å². The van der Waals surface area contributed by atoms with Crippen molar-refractivity contribution < 1.29 is 14.3 Å². The van der Waals surface area contributed by atoms with Crippen molar-refractivity contribution in [3.63, 3.8) is 0 Å². The lowest BCUT2D eigenvalue weighted by Gasteiger charge is -2.08. The van der Waals surface area contributed by atoms with Crippen molar-refractivity contribution in [1.82, 2.24) is 0 Å². The lowest BCUT2D eigenvalue weighted by molar-refractivity contribution is 0.251. The third-order valence-corrected chi connectivity index (χ3v) is 2.68. The molecule has 0 amide bonds. The van der Waals surface area contributed by atoms with E-state index in [-0.39, 0.29) is 6.61 Å². The van der Waals surface area contributed by atoms with Gasteiger partial charge in [-0.15, -0.1) is 0 Å². The van der Waals surface area contributed by atoms with E-state index in [1.165, 1.54) is 0 Å². The minimum Gasteiger partial charge on any atom is -0.497 e. The van der Waals surface area contributed by atoms with Crippen LogP contribution in [0.15, 0.2) is 22.6 Å². The van der Waals surface area contributed by atoms with Gasteiger partial charge in [0.1, 0.15) is 23.7 Å². The number of aliphatic hydroxyl groups excluding tert-OH is 1. The van der Waals surface area contributed by atoms with Crippen LogP contribution in [0.25, 0.3) is 11.0 Å². The Balaban J connectivity index is 2.69. The molecule has 0 saturated carbocycles. The average Bonchev–Trinajstić information content (AvgIpc) is 2.69. The van der Waals surface area contributed by atoms with Crippen molar-refractivity contribution in [2.45, 2.75) is 26.4 Å². The van der Waals surface area contributed by atoms with Gasteiger partial charge in [-0.2, -0.15) is 0 Å². The molecule has 16 heavy (non-hydrogen) atoms. The fraction of sp³-hybridized carbons (Fsp3) is 0.385. The zero-order valence-corrected chi connectivity index (χ0v) is 9.78. The van der Waals surface area contributed by atoms with E-state index in [0.717, 1.165) is 22.3 Å². The molecule has 3 heteroatoms. The molecule has 0 spiro atoms. The first-order valence-electron chi connectivity index (χ1n) is 5.37. The minimum absolute atomic E-state index is 0.0749. The van der Waals surface area contributed by atoms with E-state index in [9.17, 15) is 0 Å². The van der Waals surface area contributed by atoms with Gasteiger partial charge in [0.2, 0.25) is 0 Å². The van der Waals surface area contributed by atoms with Gasteiger partial charge in [-0.3, -0.25) is 0 Å². The first kappa shape index (κ1) is 11.0. The first-order valence-corrected chi connectivity index (χ1v) is 5.37. The minimum atomic E-state index is -0.0749. The van der Waals surface area contributed by atoms with Gasteiger partial charge in [-0.25, -0.2) is 0 Å². The first-order chi connectivity index (χ1) is 7.65. The summed E-state index contributed by atoms with van der Waals surface area (Å²) in [5.41, 5.74) is 1.95. The zero-order chi connectivity index (χ0) is 11.7. The fourth-order valence-corrected chi connectivity index (χ4v) is 1.83. The van der Waals surface area contributed by atoms with E-state index in [2.05, 4.69) is 13.8 Å². The summed E-state index contributed by atoms with van der Waals surface area (Å²) in [5, 5.41) is 10.0. The molecule has 1 N–H and O–H groups in total. The SMILES string of the molecule is COc1cc(C(C)C)c2oc(CO)cc2c1. The Kier molecular flexibility index (Phi) is 2.88. The van der Waals surface area contributed by atoms with Crippen LogP contribution in [0, 0.1) is 0 Å². The molecule has 0 fully saturated rings. The van der Waals surface area contributed by atoms with Crippen molar-refractivity contribution >= 4 is 11.0 Å². The topological polar surface area (TPSA) is 42.6 Å². The molecular weight excluding hydrogens is 204 g/mol. The Hall–Kier alpha value is -1.48. The van der Waals surface area contributed by atoms with E-state index >= 15 is 0 Å². The quantitative estimate of drug-likeness (QED) is 0.864. The van der Waals surface area contributed by atoms with Gasteiger partial charge in [0.15, 0.2) is 0 Å². The molecule has 0 saturated heterocycles. The molecule has 0 radical (unpaired) electrons. The number of hydrogen-bond acceptors (Lipinski definition) is 3. The number of fused-ring (bicyclic) bond motifs is 1. The normalized spacial score (nSPS) is 11.3. The van der Waals surface area contributed by atoms with Crippen LogP contribution in [0.1, 0.15) is 31.1 Å². The Labute approximate surface area is 94.6 Å². The molecule has 2 aromatic rings. The van der Waals surface area contributed by atoms with Crippen LogP contribution >= 0.6 is 0 Å². The molecule has 1 aromatic carbocycles. The molecule has 0 bridgehead atoms. The van der Waals surface area contributed by atoms with Crippen molar-refractivity contribution in [3.05, 3.63) is 29.5 Å². The number of ether oxygens (including phenoxy) is 1. The Morgan fingerprint density at radius 1 is 1.31 bits per heavy atom. The van der Waals surface area contributed by atoms with E-state index in [4.69, 9.17) is 14.3 Å². The molecule has 86 valence electrons. The van der Waals surface area contributed by atoms with Gasteiger partial charge in [0.05, 0.1) is 7.11 Å². The second kappa shape index (κ2) is 4.18. The van der Waals surface area contributed by atoms with Gasteiger partial charge in [-0.1, -0.05) is 13.8 Å². The lowest BCUT2D eigenvalue weighted by Crippen LogP contribution is -1.90. The smallest absolute Gasteiger partial charge is 0.138 e. The molecular formula is C13H16O3. The number of rotatable bonds is 3. The predicted molar refractivity (Wildman–Crippen MR) is 62.8 cm³/mol. The van der Waals surface area contributed by atoms with E-state index < -0.39 is 0 Å². The van der Waals surface area contributed by atoms with Crippen molar-refractivity contribution in [2.75, 3.05) is 7.11 Å². The summed E-state index contributed by atoms with van der Waals surface area (Å²) in [4.78, 5) is 0. The summed E-state index contributed by atoms with van der Waals surface area (Å²) in [6.45, 7) is 4.14. The van der Waals surface area contributed by atoms with Crippen LogP contribution in [-0.2, 0) is 6.61 Å². The van der Waals surface area contributed by atoms with Gasteiger partial charge < -0.3 is 14.3 Å². The van der Waals surface area contributed by atoms with Crippen molar-refractivity contribution in [3.8, 4) is 5.75 Å². The number of benzene rings is 1. The Bertz CT molecular complexity index is 497. The van der Waals surface area contributed by atoms with Crippen LogP contribution in [0.2, 0.25) is 0 Å². The largest absolute Gasteiger partial charge is 0.497 e. The van der Waals surface area contributed by atoms with E-state index in [1.807, 2.05) is 18.2 Å². The maximum absolute atomic E-state index is 9.07. The lowest BCUT2D eigenvalue weighted by atomic mass is 10.0. The number of furan rings is 1. The number of hydrogen-bond donors (Lipinski definition) is 1. The molecule has 3 nitrogen and oxygen atoms in total. The van der Waals surface area contributed by atoms with Crippen LogP contribution in [-0.4, -0.2) is 12.2 Å². The summed E-state index contributed by atoms with van der Waals surface area (Å²) < 4.78 is 10.9. The molecule has 2 rings (SSSR count). The second-order valence-electron chi connectivity index (χ2n) is 4.16. The van der Waals surface area contributed by atoms with Gasteiger partial charge in [0, 0.05) is 10.9 Å². The average molecular weight is 220 g/mol. The van der Waals surface area contributed by atoms with E-state index in [1.54, 1.807) is 7.11 Å². The number of methoxy groups -OCH3 is 1. The number of aliphatic hydroxyl groups is 1. The molecule has 0 aliphatic heterocycles. The monoisotopic (exact) mass is 220 g/mol. The molecule has 0 atom stereocenters. The molecule has 0 unspecified atom stereocenters. The fourth-order valence-electron chi connectivity index (χ4n) is 1.83. The summed E-state index contributed by atoms with van der Waals surface area (Å²) in [6, 6.07) is 5.76. The van der Waals surface area contributed by atoms with Crippen LogP contribution in [0.5, 0.6) is 5.75 Å². The van der Waals surface area contributed by atoms with Crippen molar-refractivity contribution in [2.24, 2.45) is 0 Å². The van der Waals surface area contributed by atoms with E-state index in [0.29, 0.717) is 11.7 Å². The maximum atomic E-state index is 9.07. The highest BCUT2D eigenvalue weighted by Crippen LogP contribution is 2.32. The Morgan fingerprint density at radius 2 is 2.06 bits per heavy atom. The predicted octanol–water partition coefficient (Wildman–Crippen LogP) is 3.06. The standard InChI is InChI=1S/C13H16O3/c1-8(2)12-6-10(15-3)4-9-5-11(7-14)16-13(9)12/h4-6,8,14H,7H2,1-3H3. The molecule has 0 aliphatic rings. The van der Waals surface area contributed by atoms with Gasteiger partial charge in [-0.05, 0) is 24.1 Å². The Morgan fingerprint density at radius 3 is 2.62 bits per heavy atom. The molecule has 1 aromatic heterocycles. The summed E-state index contributed by atoms with van der Waals surface area (Å²) in [7, 11) is 1.65. The van der Waals surface area contributed by atoms with Crippen LogP contribution < -0.4 is 4.74 Å². The third-order valence-electron chi connectivity index (χ3n) is 2.68. The van der Waals surface area contributed by atoms with Gasteiger partial charge in [0.25, 0.3) is 0 Å². The third kappa shape index (κ3) is 1.78. The zero-order valence-electron chi connectivity index (χ0n) is 9.78. The summed E-state index contributed by atoms with van der Waals surface area (Å²) >= 11 is 0. The molecule has 1 heterocycles.